The van der Waals surface area contributed by atoms with Gasteiger partial charge < -0.3 is 88.4 Å². The molecule has 0 aromatic rings. The minimum Gasteiger partial charge on any atom is -0.479 e. The monoisotopic (exact) mass is 1660 g/mol. The van der Waals surface area contributed by atoms with Crippen LogP contribution in [0.5, 0.6) is 0 Å². The largest absolute Gasteiger partial charge is 0.479 e. The predicted octanol–water partition coefficient (Wildman–Crippen LogP) is 6.56. The minimum atomic E-state index is -2.60. The Labute approximate surface area is 696 Å². The van der Waals surface area contributed by atoms with Crippen LogP contribution in [0.2, 0.25) is 0 Å². The van der Waals surface area contributed by atoms with Gasteiger partial charge >= 0.3 is 12.1 Å². The van der Waals surface area contributed by atoms with E-state index in [4.69, 9.17) is 14.2 Å². The molecule has 0 aromatic carbocycles. The van der Waals surface area contributed by atoms with E-state index in [1.54, 1.807) is 28.8 Å². The molecule has 1 atom stereocenters. The van der Waals surface area contributed by atoms with E-state index in [1.165, 1.54) is 198 Å². The summed E-state index contributed by atoms with van der Waals surface area (Å²) in [6, 6.07) is 0.589. The number of thioether (sulfide) groups is 2. The maximum atomic E-state index is 11.5. The van der Waals surface area contributed by atoms with Crippen molar-refractivity contribution in [1.29, 1.82) is 0 Å². The zero-order valence-electron chi connectivity index (χ0n) is 74.1. The molecule has 0 aromatic heterocycles. The summed E-state index contributed by atoms with van der Waals surface area (Å²) >= 11 is 4.07. The zero-order valence-corrected chi connectivity index (χ0v) is 76.5. The SMILES string of the molecule is CC1=NCCO1.CC1CCS(=O)(=O)C1.CN1CCC(N2CCCC2=O)CC1.CN1CCC1.CN1CCC2(CCCC2)CC1.CN1CCCC1.CN1CCCC1=O.CN1CCCCC1.CN1CCCOCC1.CN1CCNC(=O)C1.CN1CCNC1=O.CN1CCOC1=O.CN1CCOCC1.CN1CCSC1.CN1CCSCC1. The molecule has 2 N–H and O–H groups in total. The molecule has 17 aliphatic rings. The molecule has 1 spiro atoms. The lowest BCUT2D eigenvalue weighted by atomic mass is 9.77. The quantitative estimate of drug-likeness (QED) is 0.283. The fourth-order valence-corrected chi connectivity index (χ4v) is 18.2. The van der Waals surface area contributed by atoms with Gasteiger partial charge in [-0.05, 0) is 244 Å². The van der Waals surface area contributed by atoms with Gasteiger partial charge in [0.1, 0.15) is 13.2 Å². The Morgan fingerprint density at radius 3 is 1.22 bits per heavy atom. The number of nitrogens with zero attached hydrogens (tertiary/aromatic N) is 15. The van der Waals surface area contributed by atoms with Crippen molar-refractivity contribution in [3.8, 4) is 0 Å². The molecule has 1 saturated carbocycles. The summed E-state index contributed by atoms with van der Waals surface area (Å²) in [6.45, 7) is 37.6. The van der Waals surface area contributed by atoms with Crippen LogP contribution in [-0.4, -0.2) is 455 Å². The summed E-state index contributed by atoms with van der Waals surface area (Å²) < 4.78 is 41.1. The highest BCUT2D eigenvalue weighted by atomic mass is 32.2. The summed E-state index contributed by atoms with van der Waals surface area (Å²) in [6.07, 6.45) is 25.4. The lowest BCUT2D eigenvalue weighted by molar-refractivity contribution is -0.130. The summed E-state index contributed by atoms with van der Waals surface area (Å²) in [4.78, 5) is 87.3. The first-order chi connectivity index (χ1) is 54.0. The van der Waals surface area contributed by atoms with Crippen LogP contribution >= 0.6 is 23.5 Å². The standard InChI is InChI=1S/C10H18N2O.C10H19N.C6H13NO.C6H13N.C5H10N2O.C5H11NO.C5H9NO.C5H11NS.C5H11N.C5H10O2S.C4H8N2O.C4H7NO2.C4H7NO.C4H9NS.C4H9N/c1-11-7-4-9(5-8-11)12-6-2-3-10(12)13;1-11-8-6-10(7-9-11)4-2-3-5-10;1-7-3-2-5-8-6-4-7;1-7-5-3-2-4-6-7;1-7-3-2-6-5(8)4-7;1-6-2-4-7-5-3-6;1-6-4-2-3-5(6)7;1-6-2-4-7-5-3-6;1-6-4-2-3-5-6;1-5-2-3-8(6,7)4-5;1-6-3-2-5-4(6)7;1-5-2-3-7-4(5)6;1-4-5-2-3-6-4;1-5-2-3-6-4-5;1-5-3-2-4-5/h9H,2-8H2,1H3;2-9H2,1H3;2-6H2,1H3;2-6H2,1H3;2-4H2,1H3,(H,6,8);2-5H2,1H3;2-4H2,1H3;2-5H2,1H3;2-5H2,1H3;5H,2-4H2,1H3;2-3H2,1H3,(H,5,7);2-3H2,1H3;2-3H2,1H3;2-4H2,1H3;2-4H2,1H3. The first-order valence-electron chi connectivity index (χ1n) is 43.2. The molecule has 6 amide bonds. The van der Waals surface area contributed by atoms with E-state index in [2.05, 4.69) is 145 Å². The Balaban J connectivity index is 0.000000315. The molecule has 1 aliphatic carbocycles. The number of morpholine rings is 1. The Bertz CT molecular complexity index is 2480. The molecular weight excluding hydrogens is 1500 g/mol. The summed E-state index contributed by atoms with van der Waals surface area (Å²) in [5.74, 6) is 8.09. The summed E-state index contributed by atoms with van der Waals surface area (Å²) in [5.41, 5.74) is 0.812. The van der Waals surface area contributed by atoms with Crippen molar-refractivity contribution < 1.29 is 51.3 Å². The Kier molecular flexibility index (Phi) is 57.6. The number of aliphatic imine (C=N–C) groups is 1. The van der Waals surface area contributed by atoms with Gasteiger partial charge in [-0.25, -0.2) is 18.0 Å². The normalized spacial score (nSPS) is 25.5. The number of likely N-dealkylation sites (N-methyl/N-ethyl adjacent to an activating group) is 5. The van der Waals surface area contributed by atoms with Crippen LogP contribution < -0.4 is 10.6 Å². The highest BCUT2D eigenvalue weighted by Gasteiger charge is 2.36. The van der Waals surface area contributed by atoms with Gasteiger partial charge in [0.25, 0.3) is 0 Å². The van der Waals surface area contributed by atoms with Gasteiger partial charge in [0.05, 0.1) is 51.0 Å². The van der Waals surface area contributed by atoms with Crippen molar-refractivity contribution in [1.82, 2.24) is 79.2 Å². The van der Waals surface area contributed by atoms with E-state index in [1.807, 2.05) is 44.6 Å². The van der Waals surface area contributed by atoms with Crippen LogP contribution in [0.4, 0.5) is 9.59 Å². The molecule has 1 unspecified atom stereocenters. The fourth-order valence-electron chi connectivity index (χ4n) is 14.2. The van der Waals surface area contributed by atoms with Crippen LogP contribution in [0.3, 0.4) is 0 Å². The van der Waals surface area contributed by atoms with Crippen LogP contribution in [0.1, 0.15) is 142 Å². The number of sulfone groups is 1. The number of piperidine rings is 3. The van der Waals surface area contributed by atoms with Crippen LogP contribution in [0.15, 0.2) is 4.99 Å². The smallest absolute Gasteiger partial charge is 0.409 e. The molecule has 16 aliphatic heterocycles. The molecule has 16 heterocycles. The number of hydrogen-bond donors (Lipinski definition) is 2. The topological polar surface area (TPSA) is 238 Å². The number of likely N-dealkylation sites (tertiary alicyclic amines) is 7. The second-order valence-corrected chi connectivity index (χ2v) is 38.0. The third-order valence-electron chi connectivity index (χ3n) is 22.6. The van der Waals surface area contributed by atoms with Crippen LogP contribution in [-0.2, 0) is 43.2 Å². The maximum absolute atomic E-state index is 11.5. The zero-order chi connectivity index (χ0) is 83.1. The second-order valence-electron chi connectivity index (χ2n) is 33.4. The van der Waals surface area contributed by atoms with Gasteiger partial charge in [0, 0.05) is 162 Å². The van der Waals surface area contributed by atoms with Crippen molar-refractivity contribution >= 4 is 69.1 Å². The third-order valence-corrected chi connectivity index (χ3v) is 26.5. The van der Waals surface area contributed by atoms with Crippen molar-refractivity contribution in [3.05, 3.63) is 0 Å². The van der Waals surface area contributed by atoms with E-state index in [9.17, 15) is 32.4 Å². The highest BCUT2D eigenvalue weighted by molar-refractivity contribution is 7.99. The van der Waals surface area contributed by atoms with Crippen molar-refractivity contribution in [2.45, 2.75) is 148 Å². The van der Waals surface area contributed by atoms with Crippen molar-refractivity contribution in [2.75, 3.05) is 336 Å². The molecule has 0 radical (unpaired) electrons. The van der Waals surface area contributed by atoms with Crippen molar-refractivity contribution in [3.63, 3.8) is 0 Å². The summed E-state index contributed by atoms with van der Waals surface area (Å²) in [5, 5.41) is 5.39. The fraction of sp³-hybridized carbons (Fsp3) is 0.927. The molecule has 16 fully saturated rings. The highest BCUT2D eigenvalue weighted by Crippen LogP contribution is 2.45. The number of amides is 6. The van der Waals surface area contributed by atoms with Gasteiger partial charge in [-0.3, -0.25) is 29.2 Å². The number of hydrogen-bond acceptors (Lipinski definition) is 24. The maximum Gasteiger partial charge on any atom is 0.409 e. The molecule has 31 heteroatoms. The molecule has 28 nitrogen and oxygen atoms in total. The number of nitrogens with one attached hydrogen (secondary N) is 2. The average Bonchev–Trinajstić information content (AvgIpc) is 1.77. The lowest BCUT2D eigenvalue weighted by Gasteiger charge is -2.37. The number of ether oxygens (including phenoxy) is 4. The molecule has 662 valence electrons. The number of urea groups is 1. The first kappa shape index (κ1) is 104. The third kappa shape index (κ3) is 53.0. The molecule has 17 rings (SSSR count). The molecular formula is C82H165N17O11S3. The number of cyclic esters (lactones) is 1. The number of piperazine rings is 1. The van der Waals surface area contributed by atoms with E-state index in [0.29, 0.717) is 48.4 Å². The average molecular weight is 1660 g/mol. The van der Waals surface area contributed by atoms with Gasteiger partial charge in [0.15, 0.2) is 15.7 Å². The Hall–Kier alpha value is -3.41. The number of carbonyl (C=O) groups is 5. The van der Waals surface area contributed by atoms with E-state index in [0.717, 1.165) is 162 Å². The predicted molar refractivity (Wildman–Crippen MR) is 469 cm³/mol. The van der Waals surface area contributed by atoms with Gasteiger partial charge in [-0.15, -0.1) is 11.8 Å². The molecule has 0 bridgehead atoms. The van der Waals surface area contributed by atoms with Crippen LogP contribution in [0.25, 0.3) is 0 Å². The minimum absolute atomic E-state index is 0.0417. The Morgan fingerprint density at radius 1 is 0.416 bits per heavy atom. The van der Waals surface area contributed by atoms with E-state index >= 15 is 0 Å². The van der Waals surface area contributed by atoms with Crippen molar-refractivity contribution in [2.24, 2.45) is 16.3 Å². The van der Waals surface area contributed by atoms with E-state index in [-0.39, 0.29) is 18.0 Å². The van der Waals surface area contributed by atoms with Gasteiger partial charge in [-0.2, -0.15) is 11.8 Å². The number of carbonyl (C=O) groups excluding carboxylic acids is 5. The second kappa shape index (κ2) is 62.7. The molecule has 15 saturated heterocycles. The number of rotatable bonds is 1. The first-order valence-corrected chi connectivity index (χ1v) is 47.3. The van der Waals surface area contributed by atoms with Gasteiger partial charge in [0.2, 0.25) is 17.7 Å². The Morgan fingerprint density at radius 2 is 0.920 bits per heavy atom. The lowest BCUT2D eigenvalue weighted by Crippen LogP contribution is -2.45. The van der Waals surface area contributed by atoms with Crippen LogP contribution in [0, 0.1) is 11.3 Å². The van der Waals surface area contributed by atoms with E-state index < -0.39 is 9.84 Å². The van der Waals surface area contributed by atoms with Gasteiger partial charge in [-0.1, -0.05) is 26.2 Å². The molecule has 113 heavy (non-hydrogen) atoms. The summed E-state index contributed by atoms with van der Waals surface area (Å²) in [7, 11) is 24.2.